The van der Waals surface area contributed by atoms with Gasteiger partial charge in [0.2, 0.25) is 0 Å². The van der Waals surface area contributed by atoms with Crippen LogP contribution in [0, 0.1) is 11.3 Å². The van der Waals surface area contributed by atoms with Crippen LogP contribution in [0.4, 0.5) is 10.5 Å². The molecule has 0 radical (unpaired) electrons. The molecule has 0 spiro atoms. The molecule has 1 aromatic heterocycles. The third-order valence-corrected chi connectivity index (χ3v) is 4.79. The highest BCUT2D eigenvalue weighted by Gasteiger charge is 2.30. The van der Waals surface area contributed by atoms with E-state index in [0.29, 0.717) is 37.7 Å². The molecule has 0 aromatic carbocycles. The maximum Gasteiger partial charge on any atom is 0.410 e. The zero-order chi connectivity index (χ0) is 19.6. The number of carbonyl (C=O) groups excluding carboxylic acids is 1. The summed E-state index contributed by atoms with van der Waals surface area (Å²) in [5.41, 5.74) is 8.98. The van der Waals surface area contributed by atoms with Gasteiger partial charge in [0.05, 0.1) is 11.4 Å². The van der Waals surface area contributed by atoms with Gasteiger partial charge in [0, 0.05) is 49.9 Å². The Morgan fingerprint density at radius 1 is 1.30 bits per heavy atom. The van der Waals surface area contributed by atoms with Crippen LogP contribution in [-0.4, -0.2) is 54.0 Å². The largest absolute Gasteiger partial charge is 0.444 e. The van der Waals surface area contributed by atoms with Crippen LogP contribution in [0.5, 0.6) is 0 Å². The number of pyridine rings is 1. The van der Waals surface area contributed by atoms with E-state index >= 15 is 0 Å². The number of hydrogen-bond donors (Lipinski definition) is 2. The Balaban J connectivity index is 1.75. The lowest BCUT2D eigenvalue weighted by atomic mass is 10.1. The number of nitrogens with two attached hydrogens (primary N) is 1. The topological polar surface area (TPSA) is 95.5 Å². The van der Waals surface area contributed by atoms with Crippen molar-refractivity contribution in [3.05, 3.63) is 29.7 Å². The molecule has 1 saturated heterocycles. The number of nitrogens with one attached hydrogen (secondary N) is 1. The van der Waals surface area contributed by atoms with Crippen molar-refractivity contribution in [2.24, 2.45) is 11.7 Å². The summed E-state index contributed by atoms with van der Waals surface area (Å²) in [7, 11) is 0. The van der Waals surface area contributed by atoms with Crippen LogP contribution >= 0.6 is 0 Å². The Kier molecular flexibility index (Phi) is 5.39. The second-order valence-electron chi connectivity index (χ2n) is 8.11. The molecule has 1 aromatic rings. The Hall–Kier alpha value is -2.57. The van der Waals surface area contributed by atoms with E-state index in [1.54, 1.807) is 11.1 Å². The summed E-state index contributed by atoms with van der Waals surface area (Å²) in [6.45, 7) is 8.17. The molecule has 3 N–H and O–H groups in total. The van der Waals surface area contributed by atoms with E-state index in [9.17, 15) is 4.79 Å². The summed E-state index contributed by atoms with van der Waals surface area (Å²) in [4.78, 5) is 20.7. The van der Waals surface area contributed by atoms with Crippen molar-refractivity contribution in [1.82, 2.24) is 9.88 Å². The molecule has 0 atom stereocenters. The fourth-order valence-corrected chi connectivity index (χ4v) is 3.22. The summed E-state index contributed by atoms with van der Waals surface area (Å²) >= 11 is 0. The zero-order valence-electron chi connectivity index (χ0n) is 16.4. The SMILES string of the molecule is CC(C)(C)OC(=O)N1CCN(c2cccnc2C(C=N)=C(N)C2CC2)CC1. The molecule has 2 heterocycles. The molecule has 0 unspecified atom stereocenters. The van der Waals surface area contributed by atoms with Gasteiger partial charge in [-0.1, -0.05) is 0 Å². The van der Waals surface area contributed by atoms with Gasteiger partial charge in [-0.05, 0) is 51.7 Å². The Morgan fingerprint density at radius 3 is 2.52 bits per heavy atom. The average molecular weight is 371 g/mol. The third-order valence-electron chi connectivity index (χ3n) is 4.79. The highest BCUT2D eigenvalue weighted by Crippen LogP contribution is 2.38. The predicted molar refractivity (Wildman–Crippen MR) is 107 cm³/mol. The number of hydrogen-bond acceptors (Lipinski definition) is 6. The van der Waals surface area contributed by atoms with E-state index in [2.05, 4.69) is 9.88 Å². The number of anilines is 1. The van der Waals surface area contributed by atoms with Crippen molar-refractivity contribution in [2.75, 3.05) is 31.1 Å². The van der Waals surface area contributed by atoms with Gasteiger partial charge in [-0.15, -0.1) is 0 Å². The second-order valence-corrected chi connectivity index (χ2v) is 8.11. The quantitative estimate of drug-likeness (QED) is 0.794. The molecule has 1 aliphatic heterocycles. The lowest BCUT2D eigenvalue weighted by Gasteiger charge is -2.37. The zero-order valence-corrected chi connectivity index (χ0v) is 16.4. The van der Waals surface area contributed by atoms with Crippen molar-refractivity contribution >= 4 is 23.6 Å². The molecule has 2 fully saturated rings. The van der Waals surface area contributed by atoms with Gasteiger partial charge in [-0.25, -0.2) is 4.79 Å². The predicted octanol–water partition coefficient (Wildman–Crippen LogP) is 2.87. The van der Waals surface area contributed by atoms with Gasteiger partial charge in [-0.2, -0.15) is 0 Å². The van der Waals surface area contributed by atoms with E-state index in [0.717, 1.165) is 29.9 Å². The number of carbonyl (C=O) groups is 1. The molecule has 7 heteroatoms. The fraction of sp³-hybridized carbons (Fsp3) is 0.550. The van der Waals surface area contributed by atoms with Crippen LogP contribution in [0.25, 0.3) is 5.57 Å². The van der Waals surface area contributed by atoms with Crippen LogP contribution in [0.15, 0.2) is 24.0 Å². The molecule has 0 bridgehead atoms. The number of piperazine rings is 1. The van der Waals surface area contributed by atoms with Crippen LogP contribution in [0.1, 0.15) is 39.3 Å². The number of aromatic nitrogens is 1. The molecule has 1 amide bonds. The van der Waals surface area contributed by atoms with Gasteiger partial charge in [0.25, 0.3) is 0 Å². The van der Waals surface area contributed by atoms with Crippen molar-refractivity contribution < 1.29 is 9.53 Å². The van der Waals surface area contributed by atoms with Gasteiger partial charge >= 0.3 is 6.09 Å². The minimum atomic E-state index is -0.491. The van der Waals surface area contributed by atoms with Crippen LogP contribution < -0.4 is 10.6 Å². The molecule has 1 aliphatic carbocycles. The third kappa shape index (κ3) is 4.59. The van der Waals surface area contributed by atoms with Gasteiger partial charge in [-0.3, -0.25) is 4.98 Å². The van der Waals surface area contributed by atoms with Crippen LogP contribution in [-0.2, 0) is 4.74 Å². The van der Waals surface area contributed by atoms with Crippen LogP contribution in [0.2, 0.25) is 0 Å². The summed E-state index contributed by atoms with van der Waals surface area (Å²) in [5.74, 6) is 0.375. The molecular weight excluding hydrogens is 342 g/mol. The van der Waals surface area contributed by atoms with Gasteiger partial charge < -0.3 is 25.7 Å². The first kappa shape index (κ1) is 19.2. The Bertz CT molecular complexity index is 741. The van der Waals surface area contributed by atoms with Crippen LogP contribution in [0.3, 0.4) is 0 Å². The standard InChI is InChI=1S/C20H29N5O2/c1-20(2,3)27-19(26)25-11-9-24(10-12-25)16-5-4-8-23-18(16)15(13-21)17(22)14-6-7-14/h4-5,8,13-14,21H,6-7,9-12,22H2,1-3H3. The molecular formula is C20H29N5O2. The molecule has 7 nitrogen and oxygen atoms in total. The van der Waals surface area contributed by atoms with Crippen molar-refractivity contribution in [2.45, 2.75) is 39.2 Å². The molecule has 1 saturated carbocycles. The highest BCUT2D eigenvalue weighted by molar-refractivity contribution is 6.10. The first-order valence-electron chi connectivity index (χ1n) is 9.48. The minimum Gasteiger partial charge on any atom is -0.444 e. The van der Waals surface area contributed by atoms with E-state index in [1.807, 2.05) is 32.9 Å². The van der Waals surface area contributed by atoms with Crippen molar-refractivity contribution in [1.29, 1.82) is 5.41 Å². The normalized spacial score (nSPS) is 18.8. The maximum absolute atomic E-state index is 12.3. The summed E-state index contributed by atoms with van der Waals surface area (Å²) < 4.78 is 5.46. The first-order valence-corrected chi connectivity index (χ1v) is 9.48. The lowest BCUT2D eigenvalue weighted by molar-refractivity contribution is 0.0240. The highest BCUT2D eigenvalue weighted by atomic mass is 16.6. The number of rotatable bonds is 4. The smallest absolute Gasteiger partial charge is 0.410 e. The summed E-state index contributed by atoms with van der Waals surface area (Å²) in [6, 6.07) is 3.91. The van der Waals surface area contributed by atoms with Gasteiger partial charge in [0.1, 0.15) is 5.60 Å². The fourth-order valence-electron chi connectivity index (χ4n) is 3.22. The molecule has 3 rings (SSSR count). The number of ether oxygens (including phenoxy) is 1. The number of nitrogens with zero attached hydrogens (tertiary/aromatic N) is 3. The Labute approximate surface area is 160 Å². The molecule has 27 heavy (non-hydrogen) atoms. The van der Waals surface area contributed by atoms with Crippen molar-refractivity contribution in [3.63, 3.8) is 0 Å². The maximum atomic E-state index is 12.3. The van der Waals surface area contributed by atoms with E-state index in [-0.39, 0.29) is 6.09 Å². The monoisotopic (exact) mass is 371 g/mol. The summed E-state index contributed by atoms with van der Waals surface area (Å²) in [6.07, 6.45) is 4.95. The number of amides is 1. The van der Waals surface area contributed by atoms with E-state index in [4.69, 9.17) is 15.9 Å². The minimum absolute atomic E-state index is 0.272. The molecule has 2 aliphatic rings. The first-order chi connectivity index (χ1) is 12.8. The number of allylic oxidation sites excluding steroid dienone is 2. The Morgan fingerprint density at radius 2 is 1.96 bits per heavy atom. The van der Waals surface area contributed by atoms with Crippen molar-refractivity contribution in [3.8, 4) is 0 Å². The molecule has 146 valence electrons. The lowest BCUT2D eigenvalue weighted by Crippen LogP contribution is -2.50. The van der Waals surface area contributed by atoms with E-state index in [1.165, 1.54) is 6.21 Å². The average Bonchev–Trinajstić information content (AvgIpc) is 3.46. The van der Waals surface area contributed by atoms with E-state index < -0.39 is 5.60 Å². The summed E-state index contributed by atoms with van der Waals surface area (Å²) in [5, 5.41) is 7.84. The second kappa shape index (κ2) is 7.58. The van der Waals surface area contributed by atoms with Gasteiger partial charge in [0.15, 0.2) is 0 Å².